The van der Waals surface area contributed by atoms with Gasteiger partial charge in [-0.3, -0.25) is 0 Å². The van der Waals surface area contributed by atoms with Crippen LogP contribution in [-0.4, -0.2) is 60.9 Å². The van der Waals surface area contributed by atoms with E-state index in [1.54, 1.807) is 0 Å². The zero-order valence-electron chi connectivity index (χ0n) is 13.4. The molecule has 0 spiro atoms. The first-order chi connectivity index (χ1) is 10.1. The van der Waals surface area contributed by atoms with Gasteiger partial charge in [0, 0.05) is 59.4 Å². The van der Waals surface area contributed by atoms with E-state index in [1.165, 1.54) is 22.8 Å². The van der Waals surface area contributed by atoms with E-state index < -0.39 is 0 Å². The Morgan fingerprint density at radius 1 is 0.952 bits per heavy atom. The Morgan fingerprint density at radius 2 is 1.71 bits per heavy atom. The molecule has 3 aliphatic heterocycles. The van der Waals surface area contributed by atoms with Crippen LogP contribution in [0.2, 0.25) is 0 Å². The number of hydrogen-bond acceptors (Lipinski definition) is 4. The van der Waals surface area contributed by atoms with Gasteiger partial charge in [-0.25, -0.2) is 0 Å². The second-order valence-electron chi connectivity index (χ2n) is 6.04. The molecule has 4 heteroatoms. The van der Waals surface area contributed by atoms with Gasteiger partial charge in [-0.05, 0) is 30.7 Å². The Bertz CT molecular complexity index is 576. The van der Waals surface area contributed by atoms with Crippen molar-refractivity contribution in [3.8, 4) is 0 Å². The van der Waals surface area contributed by atoms with Gasteiger partial charge in [0.05, 0.1) is 17.1 Å². The van der Waals surface area contributed by atoms with Gasteiger partial charge in [0.1, 0.15) is 0 Å². The summed E-state index contributed by atoms with van der Waals surface area (Å²) in [4.78, 5) is 9.12. The van der Waals surface area contributed by atoms with Crippen molar-refractivity contribution in [1.82, 2.24) is 19.6 Å². The molecular formula is C17H24N4. The van der Waals surface area contributed by atoms with Crippen molar-refractivity contribution >= 4 is 0 Å². The molecule has 0 amide bonds. The SMILES string of the molecule is CN(C)C1=CC2=C3C(N(C)C)=CC=CN3CCCN2C=C1. The van der Waals surface area contributed by atoms with Crippen molar-refractivity contribution < 1.29 is 0 Å². The molecule has 0 aromatic heterocycles. The minimum atomic E-state index is 1.07. The van der Waals surface area contributed by atoms with Crippen LogP contribution in [0.4, 0.5) is 0 Å². The van der Waals surface area contributed by atoms with Crippen LogP contribution in [0.1, 0.15) is 6.42 Å². The van der Waals surface area contributed by atoms with E-state index in [0.717, 1.165) is 19.5 Å². The highest BCUT2D eigenvalue weighted by molar-refractivity contribution is 5.47. The van der Waals surface area contributed by atoms with Crippen LogP contribution in [0, 0.1) is 0 Å². The molecule has 3 heterocycles. The minimum Gasteiger partial charge on any atom is -0.378 e. The molecule has 21 heavy (non-hydrogen) atoms. The lowest BCUT2D eigenvalue weighted by Crippen LogP contribution is -2.29. The standard InChI is InChI=1S/C17H24N4/c1-18(2)14-8-12-20-10-6-11-21-9-5-7-15(19(3)4)17(21)16(20)13-14/h5,7-9,12-13H,6,10-11H2,1-4H3. The maximum absolute atomic E-state index is 2.38. The third kappa shape index (κ3) is 2.46. The Morgan fingerprint density at radius 3 is 2.43 bits per heavy atom. The average molecular weight is 284 g/mol. The van der Waals surface area contributed by atoms with E-state index in [9.17, 15) is 0 Å². The van der Waals surface area contributed by atoms with Gasteiger partial charge in [-0.1, -0.05) is 0 Å². The van der Waals surface area contributed by atoms with Crippen molar-refractivity contribution in [2.75, 3.05) is 41.3 Å². The molecule has 0 aliphatic carbocycles. The predicted molar refractivity (Wildman–Crippen MR) is 86.9 cm³/mol. The van der Waals surface area contributed by atoms with Gasteiger partial charge in [0.25, 0.3) is 0 Å². The van der Waals surface area contributed by atoms with Crippen LogP contribution in [0.15, 0.2) is 59.5 Å². The number of hydrogen-bond donors (Lipinski definition) is 0. The lowest BCUT2D eigenvalue weighted by Gasteiger charge is -2.34. The second-order valence-corrected chi connectivity index (χ2v) is 6.04. The molecule has 0 fully saturated rings. The fourth-order valence-corrected chi connectivity index (χ4v) is 2.97. The molecule has 0 atom stereocenters. The minimum absolute atomic E-state index is 1.07. The molecule has 0 radical (unpaired) electrons. The first-order valence-corrected chi connectivity index (χ1v) is 7.49. The molecule has 0 bridgehead atoms. The average Bonchev–Trinajstić information content (AvgIpc) is 2.65. The van der Waals surface area contributed by atoms with Crippen molar-refractivity contribution in [2.24, 2.45) is 0 Å². The van der Waals surface area contributed by atoms with E-state index in [0.29, 0.717) is 0 Å². The first kappa shape index (κ1) is 13.9. The summed E-state index contributed by atoms with van der Waals surface area (Å²) in [6.45, 7) is 2.13. The highest BCUT2D eigenvalue weighted by Gasteiger charge is 2.27. The van der Waals surface area contributed by atoms with Gasteiger partial charge in [-0.2, -0.15) is 0 Å². The molecule has 0 N–H and O–H groups in total. The van der Waals surface area contributed by atoms with Crippen LogP contribution >= 0.6 is 0 Å². The molecule has 0 aromatic rings. The van der Waals surface area contributed by atoms with E-state index >= 15 is 0 Å². The molecule has 4 nitrogen and oxygen atoms in total. The number of nitrogens with zero attached hydrogens (tertiary/aromatic N) is 4. The summed E-state index contributed by atoms with van der Waals surface area (Å²) in [7, 11) is 8.41. The summed E-state index contributed by atoms with van der Waals surface area (Å²) in [6, 6.07) is 0. The smallest absolute Gasteiger partial charge is 0.0885 e. The van der Waals surface area contributed by atoms with Crippen LogP contribution in [-0.2, 0) is 0 Å². The van der Waals surface area contributed by atoms with Gasteiger partial charge < -0.3 is 19.6 Å². The van der Waals surface area contributed by atoms with E-state index in [1.807, 2.05) is 0 Å². The zero-order chi connectivity index (χ0) is 15.0. The first-order valence-electron chi connectivity index (χ1n) is 7.49. The van der Waals surface area contributed by atoms with Crippen molar-refractivity contribution in [2.45, 2.75) is 6.42 Å². The summed E-state index contributed by atoms with van der Waals surface area (Å²) in [5, 5.41) is 0. The highest BCUT2D eigenvalue weighted by Crippen LogP contribution is 2.33. The van der Waals surface area contributed by atoms with E-state index in [2.05, 4.69) is 84.5 Å². The van der Waals surface area contributed by atoms with Crippen molar-refractivity contribution in [3.05, 3.63) is 59.5 Å². The second kappa shape index (κ2) is 5.35. The van der Waals surface area contributed by atoms with Crippen LogP contribution in [0.5, 0.6) is 0 Å². The largest absolute Gasteiger partial charge is 0.378 e. The number of allylic oxidation sites excluding steroid dienone is 4. The van der Waals surface area contributed by atoms with Gasteiger partial charge >= 0.3 is 0 Å². The van der Waals surface area contributed by atoms with Crippen molar-refractivity contribution in [1.29, 1.82) is 0 Å². The Labute approximate surface area is 127 Å². The molecule has 3 aliphatic rings. The van der Waals surface area contributed by atoms with Crippen LogP contribution < -0.4 is 0 Å². The molecule has 112 valence electrons. The van der Waals surface area contributed by atoms with Crippen LogP contribution in [0.3, 0.4) is 0 Å². The summed E-state index contributed by atoms with van der Waals surface area (Å²) in [5.74, 6) is 0. The number of likely N-dealkylation sites (N-methyl/N-ethyl adjacent to an activating group) is 2. The molecule has 0 saturated heterocycles. The molecular weight excluding hydrogens is 260 g/mol. The van der Waals surface area contributed by atoms with E-state index in [-0.39, 0.29) is 0 Å². The monoisotopic (exact) mass is 284 g/mol. The molecule has 3 rings (SSSR count). The van der Waals surface area contributed by atoms with Gasteiger partial charge in [-0.15, -0.1) is 0 Å². The summed E-state index contributed by atoms with van der Waals surface area (Å²) in [5.41, 5.74) is 5.11. The van der Waals surface area contributed by atoms with E-state index in [4.69, 9.17) is 0 Å². The summed E-state index contributed by atoms with van der Waals surface area (Å²) in [6.07, 6.45) is 14.4. The third-order valence-electron chi connectivity index (χ3n) is 4.11. The summed E-state index contributed by atoms with van der Waals surface area (Å²) < 4.78 is 0. The van der Waals surface area contributed by atoms with Gasteiger partial charge in [0.2, 0.25) is 0 Å². The normalized spacial score (nSPS) is 20.6. The van der Waals surface area contributed by atoms with Gasteiger partial charge in [0.15, 0.2) is 0 Å². The Kier molecular flexibility index (Phi) is 3.53. The maximum atomic E-state index is 2.38. The molecule has 0 aromatic carbocycles. The quantitative estimate of drug-likeness (QED) is 0.770. The fourth-order valence-electron chi connectivity index (χ4n) is 2.97. The highest BCUT2D eigenvalue weighted by atomic mass is 15.2. The zero-order valence-corrected chi connectivity index (χ0v) is 13.4. The Hall–Kier alpha value is -2.10. The third-order valence-corrected chi connectivity index (χ3v) is 4.11. The fraction of sp³-hybridized carbons (Fsp3) is 0.412. The lowest BCUT2D eigenvalue weighted by atomic mass is 10.1. The number of rotatable bonds is 2. The number of fused-ring (bicyclic) bond motifs is 2. The van der Waals surface area contributed by atoms with Crippen molar-refractivity contribution in [3.63, 3.8) is 0 Å². The lowest BCUT2D eigenvalue weighted by molar-refractivity contribution is 0.415. The topological polar surface area (TPSA) is 13.0 Å². The summed E-state index contributed by atoms with van der Waals surface area (Å²) >= 11 is 0. The molecule has 0 unspecified atom stereocenters. The Balaban J connectivity index is 2.14. The predicted octanol–water partition coefficient (Wildman–Crippen LogP) is 2.15. The van der Waals surface area contributed by atoms with Crippen LogP contribution in [0.25, 0.3) is 0 Å². The molecule has 0 saturated carbocycles. The maximum Gasteiger partial charge on any atom is 0.0885 e.